The van der Waals surface area contributed by atoms with Gasteiger partial charge in [-0.2, -0.15) is 0 Å². The molecule has 2 aromatic rings. The number of rotatable bonds is 2. The van der Waals surface area contributed by atoms with Crippen LogP contribution in [0.15, 0.2) is 51.9 Å². The molecule has 1 atom stereocenters. The van der Waals surface area contributed by atoms with E-state index in [4.69, 9.17) is 16.3 Å². The summed E-state index contributed by atoms with van der Waals surface area (Å²) < 4.78 is 5.97. The Bertz CT molecular complexity index is 898. The number of aliphatic imine (C=N–C) groups is 1. The Morgan fingerprint density at radius 1 is 1.24 bits per heavy atom. The highest BCUT2D eigenvalue weighted by Gasteiger charge is 2.32. The highest BCUT2D eigenvalue weighted by Crippen LogP contribution is 2.32. The average Bonchev–Trinajstić information content (AvgIpc) is 2.66. The van der Waals surface area contributed by atoms with Crippen LogP contribution < -0.4 is 4.90 Å². The number of carbonyl (C=O) groups is 2. The largest absolute Gasteiger partial charge is 0.430 e. The number of likely N-dealkylation sites (N-methyl/N-ethyl adjacent to an activating group) is 1. The zero-order chi connectivity index (χ0) is 18.1. The Labute approximate surface area is 158 Å². The highest BCUT2D eigenvalue weighted by molar-refractivity contribution is 9.10. The summed E-state index contributed by atoms with van der Waals surface area (Å²) in [6.07, 6.45) is -1.26. The van der Waals surface area contributed by atoms with E-state index in [1.807, 2.05) is 30.3 Å². The van der Waals surface area contributed by atoms with E-state index in [-0.39, 0.29) is 0 Å². The van der Waals surface area contributed by atoms with Crippen LogP contribution in [0.1, 0.15) is 18.1 Å². The summed E-state index contributed by atoms with van der Waals surface area (Å²) in [6.45, 7) is 1.24. The lowest BCUT2D eigenvalue weighted by molar-refractivity contribution is -0.152. The maximum absolute atomic E-state index is 12.7. The molecule has 1 amide bonds. The monoisotopic (exact) mass is 420 g/mol. The van der Waals surface area contributed by atoms with Crippen LogP contribution in [0.25, 0.3) is 0 Å². The van der Waals surface area contributed by atoms with Crippen LogP contribution in [-0.2, 0) is 14.3 Å². The van der Waals surface area contributed by atoms with Gasteiger partial charge in [0.1, 0.15) is 0 Å². The Kier molecular flexibility index (Phi) is 4.92. The standard InChI is InChI=1S/C18H14BrClN2O3/c1-10(23)25-17-18(24)22(2)15-8-7-11(19)9-13(15)16(21-17)12-5-3-4-6-14(12)20/h3-9,17H,1-2H3/t17-/m0/s1. The van der Waals surface area contributed by atoms with Gasteiger partial charge in [-0.15, -0.1) is 0 Å². The third-order valence-corrected chi connectivity index (χ3v) is 4.59. The maximum Gasteiger partial charge on any atom is 0.305 e. The average molecular weight is 422 g/mol. The lowest BCUT2D eigenvalue weighted by Crippen LogP contribution is -2.37. The first kappa shape index (κ1) is 17.6. The smallest absolute Gasteiger partial charge is 0.305 e. The fraction of sp³-hybridized carbons (Fsp3) is 0.167. The van der Waals surface area contributed by atoms with E-state index in [0.717, 1.165) is 4.47 Å². The fourth-order valence-corrected chi connectivity index (χ4v) is 3.20. The molecule has 1 aliphatic heterocycles. The first-order valence-electron chi connectivity index (χ1n) is 7.46. The second-order valence-electron chi connectivity index (χ2n) is 5.48. The minimum atomic E-state index is -1.26. The number of carbonyl (C=O) groups excluding carboxylic acids is 2. The van der Waals surface area contributed by atoms with Crippen LogP contribution in [-0.4, -0.2) is 30.9 Å². The summed E-state index contributed by atoms with van der Waals surface area (Å²) in [5, 5.41) is 0.491. The second kappa shape index (κ2) is 6.98. The Balaban J connectivity index is 2.28. The number of esters is 1. The van der Waals surface area contributed by atoms with Crippen molar-refractivity contribution in [3.8, 4) is 0 Å². The van der Waals surface area contributed by atoms with Crippen LogP contribution in [0.3, 0.4) is 0 Å². The molecule has 25 heavy (non-hydrogen) atoms. The maximum atomic E-state index is 12.7. The summed E-state index contributed by atoms with van der Waals surface area (Å²) in [5.41, 5.74) is 2.52. The number of benzene rings is 2. The molecule has 0 bridgehead atoms. The summed E-state index contributed by atoms with van der Waals surface area (Å²) in [4.78, 5) is 30.0. The van der Waals surface area contributed by atoms with E-state index in [1.54, 1.807) is 19.2 Å². The van der Waals surface area contributed by atoms with Crippen molar-refractivity contribution in [2.75, 3.05) is 11.9 Å². The van der Waals surface area contributed by atoms with E-state index in [2.05, 4.69) is 20.9 Å². The minimum Gasteiger partial charge on any atom is -0.430 e. The zero-order valence-electron chi connectivity index (χ0n) is 13.5. The molecule has 0 aliphatic carbocycles. The molecule has 3 rings (SSSR count). The molecule has 0 saturated heterocycles. The van der Waals surface area contributed by atoms with Crippen LogP contribution in [0, 0.1) is 0 Å². The van der Waals surface area contributed by atoms with E-state index < -0.39 is 18.1 Å². The van der Waals surface area contributed by atoms with Crippen molar-refractivity contribution in [2.24, 2.45) is 4.99 Å². The second-order valence-corrected chi connectivity index (χ2v) is 6.80. The normalized spacial score (nSPS) is 16.8. The molecule has 5 nitrogen and oxygen atoms in total. The molecule has 0 saturated carbocycles. The van der Waals surface area contributed by atoms with Crippen LogP contribution in [0.5, 0.6) is 0 Å². The molecule has 0 aromatic heterocycles. The van der Waals surface area contributed by atoms with Crippen LogP contribution in [0.4, 0.5) is 5.69 Å². The van der Waals surface area contributed by atoms with Gasteiger partial charge in [0.05, 0.1) is 11.4 Å². The van der Waals surface area contributed by atoms with E-state index in [9.17, 15) is 9.59 Å². The Morgan fingerprint density at radius 2 is 1.96 bits per heavy atom. The Hall–Kier alpha value is -2.18. The van der Waals surface area contributed by atoms with Crippen molar-refractivity contribution in [1.82, 2.24) is 0 Å². The molecule has 0 radical (unpaired) electrons. The number of nitrogens with zero attached hydrogens (tertiary/aromatic N) is 2. The first-order chi connectivity index (χ1) is 11.9. The molecule has 7 heteroatoms. The Morgan fingerprint density at radius 3 is 2.64 bits per heavy atom. The molecular weight excluding hydrogens is 408 g/mol. The van der Waals surface area contributed by atoms with E-state index >= 15 is 0 Å². The molecular formula is C18H14BrClN2O3. The summed E-state index contributed by atoms with van der Waals surface area (Å²) in [6, 6.07) is 12.7. The lowest BCUT2D eigenvalue weighted by Gasteiger charge is -2.20. The predicted molar refractivity (Wildman–Crippen MR) is 100 cm³/mol. The third-order valence-electron chi connectivity index (χ3n) is 3.77. The van der Waals surface area contributed by atoms with Crippen molar-refractivity contribution in [2.45, 2.75) is 13.2 Å². The molecule has 0 fully saturated rings. The molecule has 0 unspecified atom stereocenters. The molecule has 1 heterocycles. The van der Waals surface area contributed by atoms with Crippen LogP contribution in [0.2, 0.25) is 5.02 Å². The molecule has 0 N–H and O–H groups in total. The van der Waals surface area contributed by atoms with Crippen molar-refractivity contribution in [3.63, 3.8) is 0 Å². The number of halogens is 2. The predicted octanol–water partition coefficient (Wildman–Crippen LogP) is 3.81. The van der Waals surface area contributed by atoms with Gasteiger partial charge in [-0.25, -0.2) is 4.99 Å². The number of fused-ring (bicyclic) bond motifs is 1. The molecule has 0 spiro atoms. The summed E-state index contributed by atoms with van der Waals surface area (Å²) in [5.74, 6) is -1.01. The van der Waals surface area contributed by atoms with Gasteiger partial charge in [0.2, 0.25) is 0 Å². The first-order valence-corrected chi connectivity index (χ1v) is 8.63. The number of ether oxygens (including phenoxy) is 1. The van der Waals surface area contributed by atoms with Gasteiger partial charge in [0.25, 0.3) is 12.1 Å². The van der Waals surface area contributed by atoms with Gasteiger partial charge in [0.15, 0.2) is 0 Å². The van der Waals surface area contributed by atoms with Gasteiger partial charge in [0, 0.05) is 34.6 Å². The third kappa shape index (κ3) is 3.45. The van der Waals surface area contributed by atoms with Gasteiger partial charge < -0.3 is 9.64 Å². The van der Waals surface area contributed by atoms with Gasteiger partial charge in [-0.05, 0) is 24.3 Å². The fourth-order valence-electron chi connectivity index (χ4n) is 2.62. The van der Waals surface area contributed by atoms with Gasteiger partial charge >= 0.3 is 5.97 Å². The van der Waals surface area contributed by atoms with Crippen molar-refractivity contribution in [3.05, 3.63) is 63.1 Å². The van der Waals surface area contributed by atoms with E-state index in [0.29, 0.717) is 27.5 Å². The zero-order valence-corrected chi connectivity index (χ0v) is 15.8. The van der Waals surface area contributed by atoms with E-state index in [1.165, 1.54) is 11.8 Å². The quantitative estimate of drug-likeness (QED) is 0.693. The van der Waals surface area contributed by atoms with Crippen molar-refractivity contribution >= 4 is 50.8 Å². The van der Waals surface area contributed by atoms with Crippen LogP contribution >= 0.6 is 27.5 Å². The highest BCUT2D eigenvalue weighted by atomic mass is 79.9. The number of anilines is 1. The number of hydrogen-bond acceptors (Lipinski definition) is 4. The molecule has 1 aliphatic rings. The number of hydrogen-bond donors (Lipinski definition) is 0. The molecule has 128 valence electrons. The topological polar surface area (TPSA) is 59.0 Å². The van der Waals surface area contributed by atoms with Crippen molar-refractivity contribution < 1.29 is 14.3 Å². The number of benzodiazepines with no additional fused rings is 1. The lowest BCUT2D eigenvalue weighted by atomic mass is 10.0. The van der Waals surface area contributed by atoms with Gasteiger partial charge in [-0.1, -0.05) is 45.7 Å². The number of amides is 1. The summed E-state index contributed by atoms with van der Waals surface area (Å²) >= 11 is 9.79. The molecule has 2 aromatic carbocycles. The SMILES string of the molecule is CC(=O)O[C@@H]1N=C(c2ccccc2Cl)c2cc(Br)ccc2N(C)C1=O. The van der Waals surface area contributed by atoms with Crippen molar-refractivity contribution in [1.29, 1.82) is 0 Å². The summed E-state index contributed by atoms with van der Waals surface area (Å²) in [7, 11) is 1.62. The van der Waals surface area contributed by atoms with Gasteiger partial charge in [-0.3, -0.25) is 9.59 Å². The minimum absolute atomic E-state index is 0.430.